The molecule has 1 atom stereocenters. The van der Waals surface area contributed by atoms with E-state index in [1.165, 1.54) is 74.7 Å². The number of anilines is 3. The Morgan fingerprint density at radius 2 is 1.49 bits per heavy atom. The van der Waals surface area contributed by atoms with Gasteiger partial charge in [0, 0.05) is 15.7 Å². The molecule has 0 unspecified atom stereocenters. The van der Waals surface area contributed by atoms with E-state index in [2.05, 4.69) is 10.0 Å². The van der Waals surface area contributed by atoms with Crippen LogP contribution in [0.1, 0.15) is 6.92 Å². The van der Waals surface area contributed by atoms with E-state index in [0.29, 0.717) is 5.75 Å². The summed E-state index contributed by atoms with van der Waals surface area (Å²) in [4.78, 5) is 12.9. The highest BCUT2D eigenvalue weighted by atomic mass is 35.5. The Morgan fingerprint density at radius 3 is 2.00 bits per heavy atom. The second-order valence-corrected chi connectivity index (χ2v) is 12.7. The van der Waals surface area contributed by atoms with Crippen LogP contribution < -0.4 is 19.1 Å². The maximum Gasteiger partial charge on any atom is 0.261 e. The zero-order valence-electron chi connectivity index (χ0n) is 19.7. The summed E-state index contributed by atoms with van der Waals surface area (Å²) in [6, 6.07) is 12.8. The first-order valence-corrected chi connectivity index (χ1v) is 14.9. The number of halogens is 3. The molecule has 3 aromatic rings. The van der Waals surface area contributed by atoms with Crippen molar-refractivity contribution in [2.24, 2.45) is 0 Å². The third-order valence-electron chi connectivity index (χ3n) is 5.03. The number of amides is 1. The fourth-order valence-electron chi connectivity index (χ4n) is 3.39. The zero-order chi connectivity index (χ0) is 27.5. The van der Waals surface area contributed by atoms with Gasteiger partial charge in [0.15, 0.2) is 0 Å². The largest absolute Gasteiger partial charge is 0.495 e. The average Bonchev–Trinajstić information content (AvgIpc) is 2.77. The molecule has 1 amide bonds. The van der Waals surface area contributed by atoms with Crippen molar-refractivity contribution in [2.75, 3.05) is 27.7 Å². The topological polar surface area (TPSA) is 122 Å². The van der Waals surface area contributed by atoms with Gasteiger partial charge in [0.05, 0.1) is 34.7 Å². The van der Waals surface area contributed by atoms with Crippen LogP contribution in [0.5, 0.6) is 5.75 Å². The first kappa shape index (κ1) is 28.9. The molecule has 198 valence electrons. The van der Waals surface area contributed by atoms with Crippen molar-refractivity contribution in [1.29, 1.82) is 0 Å². The molecule has 0 heterocycles. The van der Waals surface area contributed by atoms with Crippen LogP contribution >= 0.6 is 34.8 Å². The van der Waals surface area contributed by atoms with Crippen molar-refractivity contribution in [1.82, 2.24) is 0 Å². The summed E-state index contributed by atoms with van der Waals surface area (Å²) < 4.78 is 58.9. The Bertz CT molecular complexity index is 1510. The second-order valence-electron chi connectivity index (χ2n) is 7.83. The van der Waals surface area contributed by atoms with Crippen molar-refractivity contribution < 1.29 is 26.4 Å². The minimum absolute atomic E-state index is 0.0831. The lowest BCUT2D eigenvalue weighted by molar-refractivity contribution is -0.116. The lowest BCUT2D eigenvalue weighted by atomic mass is 10.2. The third-order valence-corrected chi connectivity index (χ3v) is 8.40. The summed E-state index contributed by atoms with van der Waals surface area (Å²) >= 11 is 18.0. The van der Waals surface area contributed by atoms with E-state index in [1.54, 1.807) is 0 Å². The predicted molar refractivity (Wildman–Crippen MR) is 147 cm³/mol. The maximum absolute atomic E-state index is 12.9. The zero-order valence-corrected chi connectivity index (χ0v) is 23.6. The number of benzene rings is 3. The van der Waals surface area contributed by atoms with Gasteiger partial charge < -0.3 is 10.1 Å². The van der Waals surface area contributed by atoms with Crippen LogP contribution in [-0.2, 0) is 24.8 Å². The molecule has 0 aromatic heterocycles. The number of nitrogens with zero attached hydrogens (tertiary/aromatic N) is 1. The molecule has 0 aliphatic heterocycles. The fraction of sp³-hybridized carbons (Fsp3) is 0.174. The Morgan fingerprint density at radius 1 is 0.892 bits per heavy atom. The quantitative estimate of drug-likeness (QED) is 0.343. The highest BCUT2D eigenvalue weighted by molar-refractivity contribution is 7.92. The first-order chi connectivity index (χ1) is 17.2. The van der Waals surface area contributed by atoms with Crippen LogP contribution in [-0.4, -0.2) is 42.2 Å². The lowest BCUT2D eigenvalue weighted by Gasteiger charge is -2.28. The molecule has 0 aliphatic carbocycles. The SMILES string of the molecule is COc1ccc(N([C@H](C)C(=O)Nc2ccc(S(=O)(=O)Nc3cc(Cl)cc(Cl)c3)cc2)S(C)(=O)=O)cc1Cl. The molecule has 3 aromatic carbocycles. The number of ether oxygens (including phenoxy) is 1. The minimum Gasteiger partial charge on any atom is -0.495 e. The van der Waals surface area contributed by atoms with Crippen molar-refractivity contribution in [2.45, 2.75) is 17.9 Å². The van der Waals surface area contributed by atoms with E-state index in [-0.39, 0.29) is 37.0 Å². The number of carbonyl (C=O) groups is 1. The van der Waals surface area contributed by atoms with Crippen molar-refractivity contribution in [3.8, 4) is 5.75 Å². The summed E-state index contributed by atoms with van der Waals surface area (Å²) in [7, 11) is -6.44. The Labute approximate surface area is 230 Å². The standard InChI is InChI=1S/C23H22Cl3N3O6S2/c1-14(29(36(3,31)32)19-6-9-22(35-2)21(26)13-19)23(30)27-17-4-7-20(8-5-17)37(33,34)28-18-11-15(24)10-16(25)12-18/h4-14,28H,1-3H3,(H,27,30)/t14-/m1/s1. The monoisotopic (exact) mass is 605 g/mol. The van der Waals surface area contributed by atoms with Crippen molar-refractivity contribution in [3.05, 3.63) is 75.7 Å². The lowest BCUT2D eigenvalue weighted by Crippen LogP contribution is -2.45. The van der Waals surface area contributed by atoms with Crippen LogP contribution in [0, 0.1) is 0 Å². The molecule has 0 saturated heterocycles. The van der Waals surface area contributed by atoms with E-state index in [1.807, 2.05) is 0 Å². The molecule has 0 bridgehead atoms. The summed E-state index contributed by atoms with van der Waals surface area (Å²) in [5.41, 5.74) is 0.607. The van der Waals surface area contributed by atoms with E-state index in [4.69, 9.17) is 39.5 Å². The van der Waals surface area contributed by atoms with E-state index in [0.717, 1.165) is 10.6 Å². The first-order valence-electron chi connectivity index (χ1n) is 10.4. The van der Waals surface area contributed by atoms with Gasteiger partial charge in [-0.1, -0.05) is 34.8 Å². The molecule has 37 heavy (non-hydrogen) atoms. The molecule has 0 saturated carbocycles. The molecule has 9 nitrogen and oxygen atoms in total. The predicted octanol–water partition coefficient (Wildman–Crippen LogP) is 5.25. The number of hydrogen-bond acceptors (Lipinski definition) is 6. The molecular weight excluding hydrogens is 585 g/mol. The number of carbonyl (C=O) groups excluding carboxylic acids is 1. The Kier molecular flexibility index (Phi) is 8.86. The molecule has 2 N–H and O–H groups in total. The van der Waals surface area contributed by atoms with Gasteiger partial charge >= 0.3 is 0 Å². The Hall–Kier alpha value is -2.70. The van der Waals surface area contributed by atoms with Gasteiger partial charge in [0.1, 0.15) is 11.8 Å². The summed E-state index contributed by atoms with van der Waals surface area (Å²) in [5, 5.41) is 3.29. The fourth-order valence-corrected chi connectivity index (χ4v) is 6.38. The molecule has 0 aliphatic rings. The average molecular weight is 607 g/mol. The van der Waals surface area contributed by atoms with E-state index in [9.17, 15) is 21.6 Å². The van der Waals surface area contributed by atoms with Gasteiger partial charge in [-0.2, -0.15) is 0 Å². The van der Waals surface area contributed by atoms with Gasteiger partial charge in [-0.15, -0.1) is 0 Å². The summed E-state index contributed by atoms with van der Waals surface area (Å²) in [5.74, 6) is -0.307. The van der Waals surface area contributed by atoms with Crippen LogP contribution in [0.15, 0.2) is 65.6 Å². The van der Waals surface area contributed by atoms with Gasteiger partial charge in [-0.25, -0.2) is 16.8 Å². The number of hydrogen-bond donors (Lipinski definition) is 2. The van der Waals surface area contributed by atoms with Crippen molar-refractivity contribution >= 4 is 77.8 Å². The normalized spacial score (nSPS) is 12.5. The Balaban J connectivity index is 1.78. The number of rotatable bonds is 9. The van der Waals surface area contributed by atoms with Gasteiger partial charge in [-0.3, -0.25) is 13.8 Å². The molecule has 0 spiro atoms. The number of methoxy groups -OCH3 is 1. The van der Waals surface area contributed by atoms with Crippen LogP contribution in [0.3, 0.4) is 0 Å². The van der Waals surface area contributed by atoms with Gasteiger partial charge in [0.2, 0.25) is 15.9 Å². The number of sulfonamides is 2. The second kappa shape index (κ2) is 11.4. The molecule has 0 radical (unpaired) electrons. The molecule has 3 rings (SSSR count). The third kappa shape index (κ3) is 7.20. The van der Waals surface area contributed by atoms with Crippen LogP contribution in [0.4, 0.5) is 17.1 Å². The van der Waals surface area contributed by atoms with E-state index < -0.39 is 32.0 Å². The summed E-state index contributed by atoms with van der Waals surface area (Å²) in [6.07, 6.45) is 0.967. The van der Waals surface area contributed by atoms with Crippen LogP contribution in [0.2, 0.25) is 15.1 Å². The minimum atomic E-state index is -3.98. The smallest absolute Gasteiger partial charge is 0.261 e. The molecule has 0 fully saturated rings. The molecular formula is C23H22Cl3N3O6S2. The molecule has 14 heteroatoms. The van der Waals surface area contributed by atoms with Crippen LogP contribution in [0.25, 0.3) is 0 Å². The maximum atomic E-state index is 12.9. The van der Waals surface area contributed by atoms with Gasteiger partial charge in [-0.05, 0) is 67.6 Å². The van der Waals surface area contributed by atoms with Gasteiger partial charge in [0.25, 0.3) is 10.0 Å². The van der Waals surface area contributed by atoms with E-state index >= 15 is 0 Å². The highest BCUT2D eigenvalue weighted by Crippen LogP contribution is 2.31. The highest BCUT2D eigenvalue weighted by Gasteiger charge is 2.30. The summed E-state index contributed by atoms with van der Waals surface area (Å²) in [6.45, 7) is 1.41. The van der Waals surface area contributed by atoms with Crippen molar-refractivity contribution in [3.63, 3.8) is 0 Å². The number of nitrogens with one attached hydrogen (secondary N) is 2.